The summed E-state index contributed by atoms with van der Waals surface area (Å²) in [5.74, 6) is 2.95. The molecule has 0 fully saturated rings. The fraction of sp³-hybridized carbons (Fsp3) is 0.190. The zero-order valence-electron chi connectivity index (χ0n) is 15.5. The first-order chi connectivity index (χ1) is 13.1. The molecule has 0 amide bonds. The maximum atomic E-state index is 6.56. The van der Waals surface area contributed by atoms with Gasteiger partial charge in [-0.05, 0) is 55.0 Å². The lowest BCUT2D eigenvalue weighted by Gasteiger charge is -2.32. The first-order valence-electron chi connectivity index (χ1n) is 8.62. The fourth-order valence-corrected chi connectivity index (χ4v) is 3.23. The number of benzene rings is 2. The molecule has 0 aliphatic carbocycles. The number of furan rings is 1. The highest BCUT2D eigenvalue weighted by Crippen LogP contribution is 2.33. The van der Waals surface area contributed by atoms with E-state index in [0.29, 0.717) is 11.4 Å². The molecule has 2 aromatic carbocycles. The summed E-state index contributed by atoms with van der Waals surface area (Å²) in [5, 5.41) is 0.799. The molecule has 0 saturated heterocycles. The Kier molecular flexibility index (Phi) is 4.24. The fourth-order valence-electron chi connectivity index (χ4n) is 3.23. The van der Waals surface area contributed by atoms with E-state index in [1.165, 1.54) is 0 Å². The van der Waals surface area contributed by atoms with Crippen molar-refractivity contribution < 1.29 is 13.9 Å². The molecule has 1 aromatic heterocycles. The summed E-state index contributed by atoms with van der Waals surface area (Å²) in [7, 11) is 3.29. The van der Waals surface area contributed by atoms with Crippen molar-refractivity contribution in [3.63, 3.8) is 0 Å². The van der Waals surface area contributed by atoms with Gasteiger partial charge in [-0.3, -0.25) is 0 Å². The molecule has 2 heterocycles. The average molecular weight is 363 g/mol. The number of fused-ring (bicyclic) bond motifs is 1. The molecule has 4 rings (SSSR count). The van der Waals surface area contributed by atoms with Crippen LogP contribution in [-0.4, -0.2) is 14.2 Å². The Balaban J connectivity index is 1.88. The van der Waals surface area contributed by atoms with Crippen LogP contribution in [0.25, 0.3) is 5.82 Å². The highest BCUT2D eigenvalue weighted by Gasteiger charge is 2.27. The van der Waals surface area contributed by atoms with E-state index in [1.807, 2.05) is 66.4 Å². The van der Waals surface area contributed by atoms with Crippen LogP contribution < -0.4 is 30.9 Å². The molecule has 6 heteroatoms. The number of methoxy groups -OCH3 is 2. The summed E-state index contributed by atoms with van der Waals surface area (Å²) >= 11 is 0. The molecule has 2 N–H and O–H groups in total. The van der Waals surface area contributed by atoms with Crippen molar-refractivity contribution in [2.24, 2.45) is 10.7 Å². The molecule has 0 radical (unpaired) electrons. The van der Waals surface area contributed by atoms with Crippen LogP contribution in [0, 0.1) is 6.92 Å². The normalized spacial score (nSPS) is 15.9. The lowest BCUT2D eigenvalue weighted by molar-refractivity contribution is 0.414. The molecule has 6 nitrogen and oxygen atoms in total. The van der Waals surface area contributed by atoms with E-state index in [-0.39, 0.29) is 6.17 Å². The van der Waals surface area contributed by atoms with Gasteiger partial charge in [-0.15, -0.1) is 0 Å². The Morgan fingerprint density at radius 1 is 0.963 bits per heavy atom. The number of nitrogens with zero attached hydrogens (tertiary/aromatic N) is 2. The lowest BCUT2D eigenvalue weighted by atomic mass is 10.1. The third kappa shape index (κ3) is 2.99. The molecular weight excluding hydrogens is 342 g/mol. The van der Waals surface area contributed by atoms with Gasteiger partial charge in [-0.1, -0.05) is 12.1 Å². The molecule has 0 bridgehead atoms. The van der Waals surface area contributed by atoms with E-state index >= 15 is 0 Å². The van der Waals surface area contributed by atoms with Crippen LogP contribution >= 0.6 is 0 Å². The third-order valence-corrected chi connectivity index (χ3v) is 4.62. The Morgan fingerprint density at radius 3 is 2.15 bits per heavy atom. The molecule has 138 valence electrons. The van der Waals surface area contributed by atoms with Crippen molar-refractivity contribution in [2.45, 2.75) is 13.1 Å². The van der Waals surface area contributed by atoms with Crippen LogP contribution in [0.5, 0.6) is 11.5 Å². The molecule has 3 aromatic rings. The van der Waals surface area contributed by atoms with E-state index < -0.39 is 0 Å². The maximum absolute atomic E-state index is 6.56. The van der Waals surface area contributed by atoms with Crippen molar-refractivity contribution >= 4 is 11.5 Å². The van der Waals surface area contributed by atoms with Crippen molar-refractivity contribution in [3.8, 4) is 11.5 Å². The molecule has 1 atom stereocenters. The zero-order valence-corrected chi connectivity index (χ0v) is 15.5. The largest absolute Gasteiger partial charge is 0.497 e. The summed E-state index contributed by atoms with van der Waals surface area (Å²) in [6.07, 6.45) is -0.345. The Morgan fingerprint density at radius 2 is 1.56 bits per heavy atom. The minimum Gasteiger partial charge on any atom is -0.497 e. The Hall–Kier alpha value is -3.41. The molecule has 1 aliphatic heterocycles. The van der Waals surface area contributed by atoms with Crippen LogP contribution in [0.3, 0.4) is 0 Å². The highest BCUT2D eigenvalue weighted by atomic mass is 16.5. The number of nitrogens with two attached hydrogens (primary N) is 1. The summed E-state index contributed by atoms with van der Waals surface area (Å²) in [5.41, 5.74) is 9.01. The number of anilines is 1. The SMILES string of the molecule is COc1ccc(C2N=c3oc(C)cc3=C(N)N2c2ccc(OC)cc2)cc1. The first-order valence-corrected chi connectivity index (χ1v) is 8.62. The van der Waals surface area contributed by atoms with Crippen molar-refractivity contribution in [3.05, 3.63) is 76.7 Å². The average Bonchev–Trinajstić information content (AvgIpc) is 3.09. The number of hydrogen-bond donors (Lipinski definition) is 1. The number of hydrogen-bond acceptors (Lipinski definition) is 6. The molecular formula is C21H21N3O3. The van der Waals surface area contributed by atoms with Gasteiger partial charge in [0.25, 0.3) is 0 Å². The van der Waals surface area contributed by atoms with Crippen LogP contribution in [-0.2, 0) is 0 Å². The van der Waals surface area contributed by atoms with Gasteiger partial charge in [-0.25, -0.2) is 4.99 Å². The molecule has 27 heavy (non-hydrogen) atoms. The quantitative estimate of drug-likeness (QED) is 0.771. The second-order valence-corrected chi connectivity index (χ2v) is 6.31. The van der Waals surface area contributed by atoms with E-state index in [4.69, 9.17) is 24.6 Å². The number of aryl methyl sites for hydroxylation is 1. The van der Waals surface area contributed by atoms with E-state index in [0.717, 1.165) is 33.7 Å². The third-order valence-electron chi connectivity index (χ3n) is 4.62. The van der Waals surface area contributed by atoms with E-state index in [1.54, 1.807) is 14.2 Å². The summed E-state index contributed by atoms with van der Waals surface area (Å²) < 4.78 is 16.3. The predicted molar refractivity (Wildman–Crippen MR) is 103 cm³/mol. The van der Waals surface area contributed by atoms with Gasteiger partial charge in [-0.2, -0.15) is 0 Å². The van der Waals surface area contributed by atoms with Gasteiger partial charge < -0.3 is 24.5 Å². The lowest BCUT2D eigenvalue weighted by Crippen LogP contribution is -2.43. The Labute approximate surface area is 157 Å². The zero-order chi connectivity index (χ0) is 19.0. The smallest absolute Gasteiger partial charge is 0.227 e. The number of ether oxygens (including phenoxy) is 2. The minimum absolute atomic E-state index is 0.345. The number of rotatable bonds is 4. The van der Waals surface area contributed by atoms with Crippen molar-refractivity contribution in [2.75, 3.05) is 19.1 Å². The summed E-state index contributed by atoms with van der Waals surface area (Å²) in [4.78, 5) is 6.83. The van der Waals surface area contributed by atoms with Gasteiger partial charge in [0.15, 0.2) is 6.17 Å². The minimum atomic E-state index is -0.345. The van der Waals surface area contributed by atoms with Gasteiger partial charge in [0.1, 0.15) is 23.1 Å². The Bertz CT molecular complexity index is 1070. The summed E-state index contributed by atoms with van der Waals surface area (Å²) in [6.45, 7) is 1.89. The molecule has 1 aliphatic rings. The molecule has 0 spiro atoms. The topological polar surface area (TPSA) is 73.2 Å². The maximum Gasteiger partial charge on any atom is 0.227 e. The molecule has 1 unspecified atom stereocenters. The van der Waals surface area contributed by atoms with Gasteiger partial charge in [0.05, 0.1) is 19.4 Å². The second-order valence-electron chi connectivity index (χ2n) is 6.31. The van der Waals surface area contributed by atoms with Crippen molar-refractivity contribution in [1.29, 1.82) is 0 Å². The highest BCUT2D eigenvalue weighted by molar-refractivity contribution is 5.69. The van der Waals surface area contributed by atoms with Gasteiger partial charge in [0.2, 0.25) is 5.55 Å². The second kappa shape index (κ2) is 6.72. The predicted octanol–water partition coefficient (Wildman–Crippen LogP) is 2.47. The standard InChI is InChI=1S/C21H21N3O3/c1-13-12-18-19(22)24(15-6-10-17(26-3)11-7-15)20(23-21(18)27-13)14-4-8-16(25-2)9-5-14/h4-12,20H,22H2,1-3H3. The van der Waals surface area contributed by atoms with Crippen LogP contribution in [0.1, 0.15) is 17.5 Å². The van der Waals surface area contributed by atoms with E-state index in [9.17, 15) is 0 Å². The monoisotopic (exact) mass is 363 g/mol. The molecule has 0 saturated carbocycles. The van der Waals surface area contributed by atoms with Crippen LogP contribution in [0.2, 0.25) is 0 Å². The van der Waals surface area contributed by atoms with Gasteiger partial charge >= 0.3 is 0 Å². The van der Waals surface area contributed by atoms with Crippen LogP contribution in [0.4, 0.5) is 5.69 Å². The van der Waals surface area contributed by atoms with Gasteiger partial charge in [0, 0.05) is 5.69 Å². The van der Waals surface area contributed by atoms with Crippen LogP contribution in [0.15, 0.2) is 64.0 Å². The first kappa shape index (κ1) is 17.0. The van der Waals surface area contributed by atoms with E-state index in [2.05, 4.69) is 0 Å². The summed E-state index contributed by atoms with van der Waals surface area (Å²) in [6, 6.07) is 17.5. The van der Waals surface area contributed by atoms with Crippen molar-refractivity contribution in [1.82, 2.24) is 0 Å².